The molecule has 3 N–H and O–H groups in total. The fraction of sp³-hybridized carbons (Fsp3) is 0. The molecule has 0 bridgehead atoms. The van der Waals surface area contributed by atoms with Gasteiger partial charge in [-0.25, -0.2) is 0 Å². The summed E-state index contributed by atoms with van der Waals surface area (Å²) in [5, 5.41) is 0. The third-order valence-electron chi connectivity index (χ3n) is 0.275. The molecule has 0 aromatic carbocycles. The van der Waals surface area contributed by atoms with E-state index in [4.69, 9.17) is 14.7 Å². The van der Waals surface area contributed by atoms with E-state index in [9.17, 15) is 0 Å². The predicted octanol–water partition coefficient (Wildman–Crippen LogP) is -3.70. The molecule has 1 aliphatic rings. The van der Waals surface area contributed by atoms with E-state index >= 15 is 0 Å². The number of hydrogen-bond donors (Lipinski definition) is 3. The molecule has 0 atom stereocenters. The molecule has 0 aromatic heterocycles. The van der Waals surface area contributed by atoms with Gasteiger partial charge < -0.3 is 0 Å². The van der Waals surface area contributed by atoms with Crippen molar-refractivity contribution in [2.75, 3.05) is 0 Å². The van der Waals surface area contributed by atoms with Crippen LogP contribution >= 0.6 is 7.74 Å². The van der Waals surface area contributed by atoms with E-state index in [1.54, 1.807) is 0 Å². The molecule has 10 heavy (non-hydrogen) atoms. The molecule has 0 unspecified atom stereocenters. The van der Waals surface area contributed by atoms with Gasteiger partial charge in [-0.3, -0.25) is 0 Å². The zero-order valence-corrected chi connectivity index (χ0v) is 4.96. The normalized spacial score (nSPS) is 25.7. The first-order chi connectivity index (χ1) is 2.47. The summed E-state index contributed by atoms with van der Waals surface area (Å²) in [4.78, 5) is 23.7. The molecule has 5 nitrogen and oxygen atoms in total. The summed E-state index contributed by atoms with van der Waals surface area (Å²) in [6.45, 7) is 0. The fourth-order valence-electron chi connectivity index (χ4n) is 0.0447. The molecule has 1 fully saturated rings. The van der Waals surface area contributed by atoms with Gasteiger partial charge in [0, 0.05) is 17.1 Å². The van der Waals surface area contributed by atoms with E-state index in [1.807, 2.05) is 0 Å². The quantitative estimate of drug-likeness (QED) is 0.185. The molecule has 0 amide bonds. The number of rotatable bonds is 0. The van der Waals surface area contributed by atoms with Gasteiger partial charge in [0.2, 0.25) is 0 Å². The van der Waals surface area contributed by atoms with Crippen LogP contribution in [0.1, 0.15) is 0 Å². The van der Waals surface area contributed by atoms with Crippen molar-refractivity contribution in [3.8, 4) is 0 Å². The van der Waals surface area contributed by atoms with Gasteiger partial charge in [0.15, 0.2) is 0 Å². The van der Waals surface area contributed by atoms with Crippen LogP contribution in [0.5, 0.6) is 0 Å². The average Bonchev–Trinajstić information content (AvgIpc) is 1.73. The van der Waals surface area contributed by atoms with Gasteiger partial charge >= 0.3 is 145 Å². The van der Waals surface area contributed by atoms with Crippen LogP contribution in [-0.4, -0.2) is 128 Å². The van der Waals surface area contributed by atoms with Crippen LogP contribution in [0.4, 0.5) is 0 Å². The molecular weight excluding hydrogens is 287 g/mol. The van der Waals surface area contributed by atoms with Crippen LogP contribution < -0.4 is 0 Å². The minimum absolute atomic E-state index is 0. The summed E-state index contributed by atoms with van der Waals surface area (Å²) in [7, 11) is -4.80. The van der Waals surface area contributed by atoms with Crippen LogP contribution in [0.3, 0.4) is 0 Å². The summed E-state index contributed by atoms with van der Waals surface area (Å²) < 4.78 is 6.76. The van der Waals surface area contributed by atoms with E-state index in [-0.39, 0.29) is 130 Å². The van der Waals surface area contributed by atoms with E-state index in [0.717, 1.165) is 0 Å². The van der Waals surface area contributed by atoms with Crippen molar-refractivity contribution in [1.29, 1.82) is 0 Å². The molecule has 0 saturated carbocycles. The van der Waals surface area contributed by atoms with E-state index in [1.165, 1.54) is 0 Å². The predicted molar refractivity (Wildman–Crippen MR) is 41.4 cm³/mol. The monoisotopic (exact) mass is 296 g/mol. The first-order valence-electron chi connectivity index (χ1n) is 1.13. The zero-order valence-electron chi connectivity index (χ0n) is 2.96. The Morgan fingerprint density at radius 1 is 0.800 bits per heavy atom. The smallest absolute Gasteiger partial charge is 0 e. The Morgan fingerprint density at radius 3 is 0.900 bits per heavy atom. The average molecular weight is 296 g/mol. The summed E-state index contributed by atoms with van der Waals surface area (Å²) in [6.07, 6.45) is 0. The summed E-state index contributed by atoms with van der Waals surface area (Å²) in [6, 6.07) is 0. The van der Waals surface area contributed by atoms with Crippen molar-refractivity contribution in [2.45, 2.75) is 0 Å². The Kier molecular flexibility index (Phi) is 18.6. The van der Waals surface area contributed by atoms with E-state index < -0.39 is 7.74 Å². The minimum atomic E-state index is -4.80. The Labute approximate surface area is 158 Å². The standard InChI is InChI=1S/3Ca.Fe.H3O5P.6H/c;;;;1-6(2,3)4-5-6;;;;;;/h;;;;1-3H;;;;;;. The van der Waals surface area contributed by atoms with Crippen molar-refractivity contribution >= 4 is 121 Å². The first-order valence-corrected chi connectivity index (χ1v) is 3.06. The SMILES string of the molecule is OP1(O)(O)OO1.[CaH2].[CaH2].[CaH2].[Fe]. The van der Waals surface area contributed by atoms with Gasteiger partial charge in [-0.2, -0.15) is 0 Å². The third-order valence-corrected chi connectivity index (χ3v) is 0.824. The van der Waals surface area contributed by atoms with Crippen molar-refractivity contribution in [1.82, 2.24) is 0 Å². The Morgan fingerprint density at radius 2 is 0.900 bits per heavy atom. The zero-order chi connectivity index (χ0) is 4.86. The fourth-order valence-corrected chi connectivity index (χ4v) is 0.402. The Bertz CT molecular complexity index is 80.6. The van der Waals surface area contributed by atoms with Gasteiger partial charge in [-0.1, -0.05) is 0 Å². The van der Waals surface area contributed by atoms with Crippen LogP contribution in [-0.2, 0) is 26.4 Å². The second-order valence-electron chi connectivity index (χ2n) is 0.982. The molecule has 1 heterocycles. The van der Waals surface area contributed by atoms with Gasteiger partial charge in [0.1, 0.15) is 0 Å². The Balaban J connectivity index is -0.0000000450. The minimum Gasteiger partial charge on any atom is 0 e. The molecule has 1 saturated heterocycles. The molecule has 1 aliphatic heterocycles. The van der Waals surface area contributed by atoms with Crippen LogP contribution in [0.25, 0.3) is 0 Å². The molecule has 58 valence electrons. The largest absolute Gasteiger partial charge is 0 e. The maximum absolute atomic E-state index is 7.89. The van der Waals surface area contributed by atoms with Gasteiger partial charge in [0.25, 0.3) is 0 Å². The van der Waals surface area contributed by atoms with Crippen LogP contribution in [0.15, 0.2) is 0 Å². The van der Waals surface area contributed by atoms with E-state index in [0.29, 0.717) is 0 Å². The van der Waals surface area contributed by atoms with Gasteiger partial charge in [0.05, 0.1) is 0 Å². The summed E-state index contributed by atoms with van der Waals surface area (Å²) in [5.74, 6) is 0. The maximum atomic E-state index is 7.89. The summed E-state index contributed by atoms with van der Waals surface area (Å²) in [5.41, 5.74) is 0. The molecule has 0 aliphatic carbocycles. The van der Waals surface area contributed by atoms with Crippen LogP contribution in [0.2, 0.25) is 0 Å². The van der Waals surface area contributed by atoms with Gasteiger partial charge in [-0.15, -0.1) is 0 Å². The molecular formula is H9Ca3FeO5P. The topological polar surface area (TPSA) is 85.8 Å². The Hall–Kier alpha value is 4.53. The molecule has 1 rings (SSSR count). The van der Waals surface area contributed by atoms with Crippen molar-refractivity contribution < 1.29 is 41.1 Å². The van der Waals surface area contributed by atoms with Crippen LogP contribution in [0, 0.1) is 0 Å². The molecule has 10 heteroatoms. The van der Waals surface area contributed by atoms with Crippen molar-refractivity contribution in [2.24, 2.45) is 0 Å². The van der Waals surface area contributed by atoms with Gasteiger partial charge in [-0.05, 0) is 0 Å². The first kappa shape index (κ1) is 24.0. The second-order valence-corrected chi connectivity index (χ2v) is 2.95. The van der Waals surface area contributed by atoms with E-state index in [2.05, 4.69) is 9.35 Å². The summed E-state index contributed by atoms with van der Waals surface area (Å²) >= 11 is 0. The van der Waals surface area contributed by atoms with Crippen molar-refractivity contribution in [3.05, 3.63) is 0 Å². The molecule has 0 radical (unpaired) electrons. The maximum Gasteiger partial charge on any atom is 0 e. The molecule has 0 aromatic rings. The second kappa shape index (κ2) is 7.77. The number of hydrogen-bond acceptors (Lipinski definition) is 5. The molecule has 0 spiro atoms. The third kappa shape index (κ3) is 12.5. The van der Waals surface area contributed by atoms with Crippen molar-refractivity contribution in [3.63, 3.8) is 0 Å².